The molecule has 2 fully saturated rings. The lowest BCUT2D eigenvalue weighted by Crippen LogP contribution is -2.50. The maximum absolute atomic E-state index is 13.0. The van der Waals surface area contributed by atoms with Crippen LogP contribution in [0.25, 0.3) is 0 Å². The minimum absolute atomic E-state index is 0.0866. The fourth-order valence-electron chi connectivity index (χ4n) is 4.21. The third-order valence-electron chi connectivity index (χ3n) is 6.01. The summed E-state index contributed by atoms with van der Waals surface area (Å²) in [6, 6.07) is 8.52. The number of carbonyl (C=O) groups excluding carboxylic acids is 3. The highest BCUT2D eigenvalue weighted by atomic mass is 16.6. The van der Waals surface area contributed by atoms with Gasteiger partial charge in [0.25, 0.3) is 0 Å². The number of carbonyl (C=O) groups is 3. The fourth-order valence-corrected chi connectivity index (χ4v) is 4.21. The summed E-state index contributed by atoms with van der Waals surface area (Å²) >= 11 is 0. The van der Waals surface area contributed by atoms with Crippen LogP contribution in [0.1, 0.15) is 56.3 Å². The number of rotatable bonds is 9. The Morgan fingerprint density at radius 1 is 1.17 bits per heavy atom. The number of nitrogens with one attached hydrogen (secondary N) is 1. The molecule has 6 nitrogen and oxygen atoms in total. The van der Waals surface area contributed by atoms with Gasteiger partial charge < -0.3 is 15.2 Å². The molecular weight excluding hydrogens is 370 g/mol. The Bertz CT molecular complexity index is 741. The normalized spacial score (nSPS) is 27.3. The van der Waals surface area contributed by atoms with Gasteiger partial charge in [0.2, 0.25) is 5.91 Å². The summed E-state index contributed by atoms with van der Waals surface area (Å²) in [6.45, 7) is 3.80. The molecule has 0 bridgehead atoms. The highest BCUT2D eigenvalue weighted by molar-refractivity contribution is 5.99. The van der Waals surface area contributed by atoms with Crippen LogP contribution in [-0.4, -0.2) is 47.4 Å². The molecular formula is C23H31NO5. The number of Topliss-reactive ketones (excluding diaryl/α,β-unsaturated/α-hetero) is 2. The topological polar surface area (TPSA) is 96.0 Å². The van der Waals surface area contributed by atoms with Gasteiger partial charge in [0.15, 0.2) is 17.2 Å². The minimum Gasteiger partial charge on any atom is -0.393 e. The summed E-state index contributed by atoms with van der Waals surface area (Å²) in [7, 11) is 0. The second-order valence-electron chi connectivity index (χ2n) is 8.79. The summed E-state index contributed by atoms with van der Waals surface area (Å²) in [5.41, 5.74) is -0.465. The molecule has 1 saturated heterocycles. The van der Waals surface area contributed by atoms with Crippen LogP contribution in [0.2, 0.25) is 0 Å². The van der Waals surface area contributed by atoms with Gasteiger partial charge in [-0.3, -0.25) is 14.4 Å². The quantitative estimate of drug-likeness (QED) is 0.490. The molecule has 0 spiro atoms. The third-order valence-corrected chi connectivity index (χ3v) is 6.01. The first-order valence-corrected chi connectivity index (χ1v) is 10.5. The van der Waals surface area contributed by atoms with Gasteiger partial charge in [0.05, 0.1) is 19.3 Å². The zero-order valence-electron chi connectivity index (χ0n) is 17.2. The van der Waals surface area contributed by atoms with Crippen molar-refractivity contribution in [3.8, 4) is 0 Å². The van der Waals surface area contributed by atoms with E-state index in [0.717, 1.165) is 12.8 Å². The Balaban J connectivity index is 1.64. The number of aliphatic hydroxyl groups excluding tert-OH is 1. The van der Waals surface area contributed by atoms with Crippen molar-refractivity contribution in [2.45, 2.75) is 57.6 Å². The van der Waals surface area contributed by atoms with Crippen LogP contribution in [0, 0.1) is 17.8 Å². The van der Waals surface area contributed by atoms with Crippen molar-refractivity contribution in [1.82, 2.24) is 5.32 Å². The van der Waals surface area contributed by atoms with Gasteiger partial charge in [-0.15, -0.1) is 0 Å². The second-order valence-corrected chi connectivity index (χ2v) is 8.79. The molecule has 29 heavy (non-hydrogen) atoms. The zero-order valence-corrected chi connectivity index (χ0v) is 17.2. The first kappa shape index (κ1) is 21.7. The summed E-state index contributed by atoms with van der Waals surface area (Å²) in [6.07, 6.45) is 3.31. The molecule has 3 rings (SSSR count). The third kappa shape index (κ3) is 5.11. The van der Waals surface area contributed by atoms with Crippen molar-refractivity contribution < 1.29 is 24.2 Å². The lowest BCUT2D eigenvalue weighted by Gasteiger charge is -2.30. The van der Waals surface area contributed by atoms with Gasteiger partial charge in [-0.2, -0.15) is 0 Å². The van der Waals surface area contributed by atoms with Gasteiger partial charge >= 0.3 is 0 Å². The molecule has 2 N–H and O–H groups in total. The van der Waals surface area contributed by atoms with E-state index in [1.807, 2.05) is 44.2 Å². The predicted molar refractivity (Wildman–Crippen MR) is 108 cm³/mol. The lowest BCUT2D eigenvalue weighted by molar-refractivity contribution is -0.134. The van der Waals surface area contributed by atoms with E-state index in [-0.39, 0.29) is 48.4 Å². The molecule has 1 heterocycles. The van der Waals surface area contributed by atoms with Crippen molar-refractivity contribution in [3.63, 3.8) is 0 Å². The molecule has 4 unspecified atom stereocenters. The van der Waals surface area contributed by atoms with Crippen molar-refractivity contribution in [2.75, 3.05) is 13.2 Å². The molecule has 4 atom stereocenters. The van der Waals surface area contributed by atoms with Gasteiger partial charge in [-0.25, -0.2) is 0 Å². The summed E-state index contributed by atoms with van der Waals surface area (Å²) in [5, 5.41) is 12.4. The van der Waals surface area contributed by atoms with Crippen molar-refractivity contribution in [3.05, 3.63) is 35.9 Å². The Morgan fingerprint density at radius 3 is 2.41 bits per heavy atom. The Morgan fingerprint density at radius 2 is 1.83 bits per heavy atom. The molecule has 1 aromatic rings. The summed E-state index contributed by atoms with van der Waals surface area (Å²) in [5.74, 6) is -0.593. The Kier molecular flexibility index (Phi) is 6.85. The highest BCUT2D eigenvalue weighted by Crippen LogP contribution is 2.33. The average Bonchev–Trinajstić information content (AvgIpc) is 3.54. The van der Waals surface area contributed by atoms with Crippen molar-refractivity contribution in [2.24, 2.45) is 17.8 Å². The van der Waals surface area contributed by atoms with E-state index in [4.69, 9.17) is 4.74 Å². The molecule has 1 aromatic carbocycles. The maximum Gasteiger partial charge on any atom is 0.223 e. The number of ketones is 2. The highest BCUT2D eigenvalue weighted by Gasteiger charge is 2.54. The summed E-state index contributed by atoms with van der Waals surface area (Å²) in [4.78, 5) is 38.6. The number of epoxide rings is 1. The minimum atomic E-state index is -1.15. The molecule has 0 aromatic heterocycles. The molecule has 158 valence electrons. The van der Waals surface area contributed by atoms with Gasteiger partial charge in [-0.1, -0.05) is 50.6 Å². The van der Waals surface area contributed by atoms with Gasteiger partial charge in [0.1, 0.15) is 0 Å². The largest absolute Gasteiger partial charge is 0.393 e. The molecule has 1 amide bonds. The van der Waals surface area contributed by atoms with Crippen molar-refractivity contribution >= 4 is 17.5 Å². The molecule has 1 aliphatic carbocycles. The Labute approximate surface area is 172 Å². The molecule has 1 saturated carbocycles. The first-order chi connectivity index (χ1) is 13.9. The standard InChI is InChI=1S/C23H31NO5/c1-15(2)11-19(21(27)23(13-25)14-29-23)24-22(28)18-10-6-9-17(12-18)20(26)16-7-4-3-5-8-16/h3-5,7-8,15,17-19,25H,6,9-14H2,1-2H3,(H,24,28). The van der Waals surface area contributed by atoms with E-state index in [9.17, 15) is 19.5 Å². The van der Waals surface area contributed by atoms with E-state index in [2.05, 4.69) is 5.32 Å². The van der Waals surface area contributed by atoms with Crippen LogP contribution in [0.4, 0.5) is 0 Å². The van der Waals surface area contributed by atoms with Gasteiger partial charge in [0, 0.05) is 17.4 Å². The van der Waals surface area contributed by atoms with E-state index in [0.29, 0.717) is 24.8 Å². The van der Waals surface area contributed by atoms with E-state index >= 15 is 0 Å². The lowest BCUT2D eigenvalue weighted by atomic mass is 9.77. The zero-order chi connectivity index (χ0) is 21.0. The van der Waals surface area contributed by atoms with Crippen LogP contribution >= 0.6 is 0 Å². The molecule has 6 heteroatoms. The fraction of sp³-hybridized carbons (Fsp3) is 0.609. The first-order valence-electron chi connectivity index (χ1n) is 10.5. The maximum atomic E-state index is 13.0. The van der Waals surface area contributed by atoms with Crippen LogP contribution in [0.5, 0.6) is 0 Å². The smallest absolute Gasteiger partial charge is 0.223 e. The number of hydrogen-bond donors (Lipinski definition) is 2. The van der Waals surface area contributed by atoms with E-state index in [1.54, 1.807) is 0 Å². The SMILES string of the molecule is CC(C)CC(NC(=O)C1CCCC(C(=O)c2ccccc2)C1)C(=O)C1(CO)CO1. The Hall–Kier alpha value is -2.05. The molecule has 0 radical (unpaired) electrons. The average molecular weight is 402 g/mol. The van der Waals surface area contributed by atoms with Crippen molar-refractivity contribution in [1.29, 1.82) is 0 Å². The number of aliphatic hydroxyl groups is 1. The molecule has 1 aliphatic heterocycles. The molecule has 2 aliphatic rings. The van der Waals surface area contributed by atoms with Gasteiger partial charge in [-0.05, 0) is 31.6 Å². The van der Waals surface area contributed by atoms with E-state index < -0.39 is 11.6 Å². The monoisotopic (exact) mass is 401 g/mol. The van der Waals surface area contributed by atoms with Crippen LogP contribution in [0.3, 0.4) is 0 Å². The number of ether oxygens (including phenoxy) is 1. The number of benzene rings is 1. The van der Waals surface area contributed by atoms with Crippen LogP contribution in [0.15, 0.2) is 30.3 Å². The number of amides is 1. The van der Waals surface area contributed by atoms with E-state index in [1.165, 1.54) is 0 Å². The summed E-state index contributed by atoms with van der Waals surface area (Å²) < 4.78 is 5.20. The number of hydrogen-bond acceptors (Lipinski definition) is 5. The second kappa shape index (κ2) is 9.18. The predicted octanol–water partition coefficient (Wildman–Crippen LogP) is 2.54. The van der Waals surface area contributed by atoms with Crippen LogP contribution in [-0.2, 0) is 14.3 Å². The van der Waals surface area contributed by atoms with Crippen LogP contribution < -0.4 is 5.32 Å².